The Labute approximate surface area is 161 Å². The number of ether oxygens (including phenoxy) is 1. The van der Waals surface area contributed by atoms with Gasteiger partial charge in [0.1, 0.15) is 0 Å². The van der Waals surface area contributed by atoms with Gasteiger partial charge in [-0.25, -0.2) is 9.78 Å². The number of anilines is 1. The highest BCUT2D eigenvalue weighted by molar-refractivity contribution is 7.15. The topological polar surface area (TPSA) is 68.3 Å². The molecule has 6 heteroatoms. The monoisotopic (exact) mass is 378 g/mol. The SMILES string of the molecule is C[C@@]1(C(=O)Nc2ncc(Cc3ccccc3)s2)Cc2ccccc2C(=O)O1. The summed E-state index contributed by atoms with van der Waals surface area (Å²) in [6.45, 7) is 1.63. The minimum Gasteiger partial charge on any atom is -0.445 e. The van der Waals surface area contributed by atoms with Gasteiger partial charge in [0.2, 0.25) is 0 Å². The summed E-state index contributed by atoms with van der Waals surface area (Å²) >= 11 is 1.42. The first-order valence-electron chi connectivity index (χ1n) is 8.65. The molecule has 0 aliphatic carbocycles. The third-order valence-corrected chi connectivity index (χ3v) is 5.47. The van der Waals surface area contributed by atoms with Gasteiger partial charge < -0.3 is 4.74 Å². The van der Waals surface area contributed by atoms with E-state index < -0.39 is 11.6 Å². The fraction of sp³-hybridized carbons (Fsp3) is 0.190. The van der Waals surface area contributed by atoms with Crippen LogP contribution in [0.15, 0.2) is 60.8 Å². The molecule has 1 atom stereocenters. The zero-order valence-electron chi connectivity index (χ0n) is 14.8. The van der Waals surface area contributed by atoms with E-state index in [-0.39, 0.29) is 5.91 Å². The first kappa shape index (κ1) is 17.4. The number of carbonyl (C=O) groups is 2. The van der Waals surface area contributed by atoms with E-state index in [4.69, 9.17) is 4.74 Å². The van der Waals surface area contributed by atoms with Gasteiger partial charge in [0, 0.05) is 23.9 Å². The van der Waals surface area contributed by atoms with Crippen LogP contribution in [0.4, 0.5) is 5.13 Å². The summed E-state index contributed by atoms with van der Waals surface area (Å²) in [4.78, 5) is 30.4. The van der Waals surface area contributed by atoms with Crippen LogP contribution in [-0.2, 0) is 22.4 Å². The van der Waals surface area contributed by atoms with Crippen LogP contribution >= 0.6 is 11.3 Å². The minimum atomic E-state index is -1.25. The van der Waals surface area contributed by atoms with E-state index in [1.807, 2.05) is 30.3 Å². The number of fused-ring (bicyclic) bond motifs is 1. The molecule has 0 fully saturated rings. The standard InChI is InChI=1S/C21H18N2O3S/c1-21(12-15-9-5-6-10-17(15)18(24)26-21)19(25)23-20-22-13-16(27-20)11-14-7-3-2-4-8-14/h2-10,13H,11-12H2,1H3,(H,22,23,25)/t21-/m0/s1. The highest BCUT2D eigenvalue weighted by Gasteiger charge is 2.42. The summed E-state index contributed by atoms with van der Waals surface area (Å²) in [6.07, 6.45) is 2.86. The third kappa shape index (κ3) is 3.61. The molecule has 1 amide bonds. The van der Waals surface area contributed by atoms with E-state index in [2.05, 4.69) is 22.4 Å². The van der Waals surface area contributed by atoms with Crippen LogP contribution in [0.5, 0.6) is 0 Å². The number of amides is 1. The lowest BCUT2D eigenvalue weighted by Crippen LogP contribution is -2.48. The zero-order valence-corrected chi connectivity index (χ0v) is 15.6. The Kier molecular flexibility index (Phi) is 4.49. The smallest absolute Gasteiger partial charge is 0.339 e. The van der Waals surface area contributed by atoms with Crippen molar-refractivity contribution >= 4 is 28.3 Å². The predicted molar refractivity (Wildman–Crippen MR) is 104 cm³/mol. The van der Waals surface area contributed by atoms with Crippen molar-refractivity contribution < 1.29 is 14.3 Å². The normalized spacial score (nSPS) is 18.5. The Morgan fingerprint density at radius 2 is 1.93 bits per heavy atom. The summed E-state index contributed by atoms with van der Waals surface area (Å²) in [6, 6.07) is 17.3. The Balaban J connectivity index is 1.47. The number of cyclic esters (lactones) is 1. The third-order valence-electron chi connectivity index (χ3n) is 4.56. The number of benzene rings is 2. The largest absolute Gasteiger partial charge is 0.445 e. The second-order valence-electron chi connectivity index (χ2n) is 6.70. The lowest BCUT2D eigenvalue weighted by Gasteiger charge is -2.32. The maximum absolute atomic E-state index is 12.8. The van der Waals surface area contributed by atoms with Gasteiger partial charge in [-0.3, -0.25) is 10.1 Å². The van der Waals surface area contributed by atoms with Crippen LogP contribution in [0.3, 0.4) is 0 Å². The molecule has 1 aliphatic heterocycles. The van der Waals surface area contributed by atoms with E-state index in [9.17, 15) is 9.59 Å². The van der Waals surface area contributed by atoms with Crippen molar-refractivity contribution in [3.8, 4) is 0 Å². The number of rotatable bonds is 4. The number of thiazole rings is 1. The Morgan fingerprint density at radius 3 is 2.74 bits per heavy atom. The van der Waals surface area contributed by atoms with Crippen LogP contribution < -0.4 is 5.32 Å². The molecule has 2 aromatic carbocycles. The van der Waals surface area contributed by atoms with Crippen molar-refractivity contribution in [2.24, 2.45) is 0 Å². The lowest BCUT2D eigenvalue weighted by molar-refractivity contribution is -0.134. The second kappa shape index (κ2) is 6.96. The van der Waals surface area contributed by atoms with Gasteiger partial charge in [0.05, 0.1) is 5.56 Å². The molecule has 0 saturated carbocycles. The summed E-state index contributed by atoms with van der Waals surface area (Å²) < 4.78 is 5.46. The molecule has 0 unspecified atom stereocenters. The number of hydrogen-bond donors (Lipinski definition) is 1. The van der Waals surface area contributed by atoms with E-state index in [1.54, 1.807) is 25.3 Å². The lowest BCUT2D eigenvalue weighted by atomic mass is 9.89. The molecular formula is C21H18N2O3S. The number of carbonyl (C=O) groups excluding carboxylic acids is 2. The predicted octanol–water partition coefficient (Wildman–Crippen LogP) is 3.84. The molecule has 1 aromatic heterocycles. The van der Waals surface area contributed by atoms with E-state index in [1.165, 1.54) is 16.9 Å². The summed E-state index contributed by atoms with van der Waals surface area (Å²) in [5, 5.41) is 3.30. The maximum atomic E-state index is 12.8. The van der Waals surface area contributed by atoms with Gasteiger partial charge in [0.15, 0.2) is 10.7 Å². The minimum absolute atomic E-state index is 0.336. The van der Waals surface area contributed by atoms with Gasteiger partial charge in [-0.2, -0.15) is 0 Å². The molecule has 1 aliphatic rings. The molecule has 0 spiro atoms. The van der Waals surface area contributed by atoms with Crippen molar-refractivity contribution in [3.63, 3.8) is 0 Å². The molecule has 0 saturated heterocycles. The highest BCUT2D eigenvalue weighted by Crippen LogP contribution is 2.30. The van der Waals surface area contributed by atoms with E-state index in [0.717, 1.165) is 16.9 Å². The van der Waals surface area contributed by atoms with Crippen molar-refractivity contribution in [1.29, 1.82) is 0 Å². The van der Waals surface area contributed by atoms with Crippen molar-refractivity contribution in [3.05, 3.63) is 82.4 Å². The van der Waals surface area contributed by atoms with Gasteiger partial charge in [0.25, 0.3) is 5.91 Å². The number of nitrogens with one attached hydrogen (secondary N) is 1. The van der Waals surface area contributed by atoms with E-state index >= 15 is 0 Å². The number of nitrogens with zero attached hydrogens (tertiary/aromatic N) is 1. The molecule has 4 rings (SSSR count). The molecule has 5 nitrogen and oxygen atoms in total. The first-order valence-corrected chi connectivity index (χ1v) is 9.46. The average Bonchev–Trinajstić information content (AvgIpc) is 3.09. The summed E-state index contributed by atoms with van der Waals surface area (Å²) in [7, 11) is 0. The maximum Gasteiger partial charge on any atom is 0.339 e. The fourth-order valence-corrected chi connectivity index (χ4v) is 3.97. The molecule has 3 aromatic rings. The van der Waals surface area contributed by atoms with Gasteiger partial charge in [-0.1, -0.05) is 48.5 Å². The van der Waals surface area contributed by atoms with Crippen LogP contribution in [0.25, 0.3) is 0 Å². The van der Waals surface area contributed by atoms with Gasteiger partial charge >= 0.3 is 5.97 Å². The van der Waals surface area contributed by atoms with Crippen LogP contribution in [0, 0.1) is 0 Å². The molecule has 2 heterocycles. The van der Waals surface area contributed by atoms with Crippen molar-refractivity contribution in [2.75, 3.05) is 5.32 Å². The van der Waals surface area contributed by atoms with Gasteiger partial charge in [-0.15, -0.1) is 11.3 Å². The first-order chi connectivity index (χ1) is 13.0. The fourth-order valence-electron chi connectivity index (χ4n) is 3.13. The Hall–Kier alpha value is -2.99. The van der Waals surface area contributed by atoms with Crippen molar-refractivity contribution in [1.82, 2.24) is 4.98 Å². The summed E-state index contributed by atoms with van der Waals surface area (Å²) in [5.41, 5.74) is 1.26. The number of esters is 1. The van der Waals surface area contributed by atoms with Gasteiger partial charge in [-0.05, 0) is 24.1 Å². The highest BCUT2D eigenvalue weighted by atomic mass is 32.1. The average molecular weight is 378 g/mol. The van der Waals surface area contributed by atoms with Crippen LogP contribution in [0.1, 0.15) is 33.3 Å². The zero-order chi connectivity index (χ0) is 18.9. The molecule has 0 bridgehead atoms. The Morgan fingerprint density at radius 1 is 1.19 bits per heavy atom. The number of hydrogen-bond acceptors (Lipinski definition) is 5. The Bertz CT molecular complexity index is 999. The summed E-state index contributed by atoms with van der Waals surface area (Å²) in [5.74, 6) is -0.843. The van der Waals surface area contributed by atoms with Crippen LogP contribution in [-0.4, -0.2) is 22.5 Å². The van der Waals surface area contributed by atoms with E-state index in [0.29, 0.717) is 17.1 Å². The molecule has 27 heavy (non-hydrogen) atoms. The molecule has 136 valence electrons. The number of aromatic nitrogens is 1. The quantitative estimate of drug-likeness (QED) is 0.701. The molecule has 0 radical (unpaired) electrons. The molecular weight excluding hydrogens is 360 g/mol. The second-order valence-corrected chi connectivity index (χ2v) is 7.82. The van der Waals surface area contributed by atoms with Crippen molar-refractivity contribution in [2.45, 2.75) is 25.4 Å². The van der Waals surface area contributed by atoms with Crippen LogP contribution in [0.2, 0.25) is 0 Å². The molecule has 1 N–H and O–H groups in total.